The van der Waals surface area contributed by atoms with E-state index in [0.717, 1.165) is 0 Å². The van der Waals surface area contributed by atoms with Crippen LogP contribution < -0.4 is 0 Å². The van der Waals surface area contributed by atoms with Crippen molar-refractivity contribution >= 4 is 15.9 Å². The fourth-order valence-corrected chi connectivity index (χ4v) is 0.786. The molecule has 0 saturated heterocycles. The summed E-state index contributed by atoms with van der Waals surface area (Å²) in [7, 11) is 0. The second kappa shape index (κ2) is 2.48. The van der Waals surface area contributed by atoms with Gasteiger partial charge in [-0.3, -0.25) is 0 Å². The molecule has 0 nitrogen and oxygen atoms in total. The number of hydrogen-bond donors (Lipinski definition) is 0. The van der Waals surface area contributed by atoms with E-state index in [1.165, 1.54) is 6.07 Å². The summed E-state index contributed by atoms with van der Waals surface area (Å²) in [6.07, 6.45) is 0. The van der Waals surface area contributed by atoms with E-state index in [2.05, 4.69) is 22.9 Å². The van der Waals surface area contributed by atoms with E-state index in [0.29, 0.717) is 10.0 Å². The van der Waals surface area contributed by atoms with Gasteiger partial charge in [0, 0.05) is 0 Å². The number of rotatable bonds is 0. The van der Waals surface area contributed by atoms with Gasteiger partial charge in [-0.15, -0.1) is 0 Å². The van der Waals surface area contributed by atoms with E-state index in [-0.39, 0.29) is 5.82 Å². The van der Waals surface area contributed by atoms with Crippen LogP contribution in [-0.2, 0) is 0 Å². The molecule has 0 aliphatic rings. The molecule has 0 N–H and O–H groups in total. The predicted octanol–water partition coefficient (Wildman–Crippen LogP) is 2.77. The Hall–Kier alpha value is -0.370. The first-order chi connectivity index (χ1) is 4.20. The highest BCUT2D eigenvalue weighted by Crippen LogP contribution is 2.15. The summed E-state index contributed by atoms with van der Waals surface area (Å²) in [6, 6.07) is 4.76. The first-order valence-corrected chi connectivity index (χ1v) is 3.26. The van der Waals surface area contributed by atoms with Crippen molar-refractivity contribution in [2.24, 2.45) is 0 Å². The average Bonchev–Trinajstić information content (AvgIpc) is 1.80. The largest absolute Gasteiger partial charge is 0.206 e. The van der Waals surface area contributed by atoms with Gasteiger partial charge >= 0.3 is 0 Å². The van der Waals surface area contributed by atoms with Crippen LogP contribution in [-0.4, -0.2) is 0 Å². The van der Waals surface area contributed by atoms with E-state index in [4.69, 9.17) is 0 Å². The maximum absolute atomic E-state index is 12.5. The zero-order chi connectivity index (χ0) is 6.85. The summed E-state index contributed by atoms with van der Waals surface area (Å²) in [5.41, 5.74) is 0.690. The molecule has 1 radical (unpaired) electrons. The second-order valence-electron chi connectivity index (χ2n) is 1.75. The van der Waals surface area contributed by atoms with Crippen LogP contribution >= 0.6 is 15.9 Å². The molecule has 9 heavy (non-hydrogen) atoms. The van der Waals surface area contributed by atoms with Gasteiger partial charge < -0.3 is 0 Å². The van der Waals surface area contributed by atoms with E-state index in [1.807, 2.05) is 0 Å². The number of benzene rings is 1. The first-order valence-electron chi connectivity index (χ1n) is 2.47. The molecule has 47 valence electrons. The van der Waals surface area contributed by atoms with Crippen LogP contribution in [0.3, 0.4) is 0 Å². The van der Waals surface area contributed by atoms with Gasteiger partial charge in [-0.05, 0) is 40.5 Å². The molecule has 1 rings (SSSR count). The Morgan fingerprint density at radius 3 is 2.56 bits per heavy atom. The fourth-order valence-electron chi connectivity index (χ4n) is 0.540. The second-order valence-corrected chi connectivity index (χ2v) is 2.60. The van der Waals surface area contributed by atoms with Crippen molar-refractivity contribution in [3.8, 4) is 0 Å². The summed E-state index contributed by atoms with van der Waals surface area (Å²) in [5, 5.41) is 0. The monoisotopic (exact) mass is 187 g/mol. The van der Waals surface area contributed by atoms with Crippen molar-refractivity contribution in [1.82, 2.24) is 0 Å². The summed E-state index contributed by atoms with van der Waals surface area (Å²) in [5.74, 6) is -0.262. The van der Waals surface area contributed by atoms with Crippen LogP contribution in [0.25, 0.3) is 0 Å². The fraction of sp³-hybridized carbons (Fsp3) is 0. The molecule has 0 spiro atoms. The van der Waals surface area contributed by atoms with Crippen LogP contribution in [0, 0.1) is 12.7 Å². The Labute approximate surface area is 61.8 Å². The Morgan fingerprint density at radius 2 is 2.11 bits per heavy atom. The Balaban J connectivity index is 3.17. The molecule has 0 amide bonds. The molecular formula is C7H5BrF. The highest BCUT2D eigenvalue weighted by molar-refractivity contribution is 9.10. The Bertz CT molecular complexity index is 220. The molecule has 1 aromatic rings. The molecule has 2 heteroatoms. The van der Waals surface area contributed by atoms with E-state index in [9.17, 15) is 4.39 Å². The smallest absolute Gasteiger partial charge is 0.137 e. The molecular weight excluding hydrogens is 183 g/mol. The first kappa shape index (κ1) is 6.75. The van der Waals surface area contributed by atoms with Gasteiger partial charge in [0.15, 0.2) is 0 Å². The van der Waals surface area contributed by atoms with Gasteiger partial charge in [-0.1, -0.05) is 6.07 Å². The predicted molar refractivity (Wildman–Crippen MR) is 38.6 cm³/mol. The number of halogens is 2. The highest BCUT2D eigenvalue weighted by atomic mass is 79.9. The van der Waals surface area contributed by atoms with Crippen molar-refractivity contribution in [3.05, 3.63) is 41.0 Å². The third-order valence-corrected chi connectivity index (χ3v) is 1.63. The summed E-state index contributed by atoms with van der Waals surface area (Å²) >= 11 is 3.03. The van der Waals surface area contributed by atoms with Crippen LogP contribution in [0.1, 0.15) is 5.56 Å². The normalized spacial score (nSPS) is 9.67. The maximum atomic E-state index is 12.5. The molecule has 0 aliphatic heterocycles. The molecule has 1 aromatic carbocycles. The average molecular weight is 188 g/mol. The van der Waals surface area contributed by atoms with Crippen molar-refractivity contribution < 1.29 is 4.39 Å². The minimum atomic E-state index is -0.262. The van der Waals surface area contributed by atoms with Gasteiger partial charge in [0.1, 0.15) is 5.82 Å². The van der Waals surface area contributed by atoms with E-state index >= 15 is 0 Å². The third-order valence-electron chi connectivity index (χ3n) is 0.984. The molecule has 0 saturated carbocycles. The molecule has 0 aromatic heterocycles. The Kier molecular flexibility index (Phi) is 1.86. The quantitative estimate of drug-likeness (QED) is 0.587. The number of hydrogen-bond acceptors (Lipinski definition) is 0. The van der Waals surface area contributed by atoms with Crippen molar-refractivity contribution in [2.75, 3.05) is 0 Å². The van der Waals surface area contributed by atoms with E-state index < -0.39 is 0 Å². The molecule has 0 bridgehead atoms. The molecule has 0 aliphatic carbocycles. The van der Waals surface area contributed by atoms with Gasteiger partial charge in [0.25, 0.3) is 0 Å². The maximum Gasteiger partial charge on any atom is 0.137 e. The lowest BCUT2D eigenvalue weighted by Gasteiger charge is -1.93. The molecule has 0 unspecified atom stereocenters. The van der Waals surface area contributed by atoms with Crippen molar-refractivity contribution in [3.63, 3.8) is 0 Å². The third kappa shape index (κ3) is 1.52. The van der Waals surface area contributed by atoms with Crippen molar-refractivity contribution in [1.29, 1.82) is 0 Å². The zero-order valence-electron chi connectivity index (χ0n) is 4.70. The lowest BCUT2D eigenvalue weighted by atomic mass is 10.2. The van der Waals surface area contributed by atoms with Crippen LogP contribution in [0.2, 0.25) is 0 Å². The van der Waals surface area contributed by atoms with Gasteiger partial charge in [0.2, 0.25) is 0 Å². The lowest BCUT2D eigenvalue weighted by molar-refractivity contribution is 0.620. The minimum Gasteiger partial charge on any atom is -0.206 e. The van der Waals surface area contributed by atoms with Gasteiger partial charge in [-0.2, -0.15) is 0 Å². The minimum absolute atomic E-state index is 0.262. The molecule has 0 heterocycles. The summed E-state index contributed by atoms with van der Waals surface area (Å²) < 4.78 is 13.0. The van der Waals surface area contributed by atoms with Crippen LogP contribution in [0.5, 0.6) is 0 Å². The molecule has 0 atom stereocenters. The standard InChI is InChI=1S/C7H5BrF/c1-5-2-3-6(8)7(9)4-5/h2-4H,1H2. The SMILES string of the molecule is [CH2]c1ccc(Br)c(F)c1. The highest BCUT2D eigenvalue weighted by Gasteiger charge is 1.95. The lowest BCUT2D eigenvalue weighted by Crippen LogP contribution is -1.77. The molecule has 0 fully saturated rings. The summed E-state index contributed by atoms with van der Waals surface area (Å²) in [6.45, 7) is 3.56. The summed E-state index contributed by atoms with van der Waals surface area (Å²) in [4.78, 5) is 0. The van der Waals surface area contributed by atoms with E-state index in [1.54, 1.807) is 12.1 Å². The van der Waals surface area contributed by atoms with Crippen LogP contribution in [0.4, 0.5) is 4.39 Å². The van der Waals surface area contributed by atoms with Gasteiger partial charge in [-0.25, -0.2) is 4.39 Å². The Morgan fingerprint density at radius 1 is 1.44 bits per heavy atom. The van der Waals surface area contributed by atoms with Crippen LogP contribution in [0.15, 0.2) is 22.7 Å². The van der Waals surface area contributed by atoms with Crippen molar-refractivity contribution in [2.45, 2.75) is 0 Å². The van der Waals surface area contributed by atoms with Gasteiger partial charge in [0.05, 0.1) is 4.47 Å². The topological polar surface area (TPSA) is 0 Å². The zero-order valence-corrected chi connectivity index (χ0v) is 6.28.